The van der Waals surface area contributed by atoms with Crippen LogP contribution >= 0.6 is 0 Å². The Morgan fingerprint density at radius 3 is 2.67 bits per heavy atom. The van der Waals surface area contributed by atoms with E-state index in [-0.39, 0.29) is 18.3 Å². The van der Waals surface area contributed by atoms with Crippen molar-refractivity contribution in [3.05, 3.63) is 65.5 Å². The molecule has 0 heterocycles. The highest BCUT2D eigenvalue weighted by atomic mass is 19.1. The number of amides is 1. The zero-order valence-corrected chi connectivity index (χ0v) is 12.3. The second-order valence-corrected chi connectivity index (χ2v) is 5.22. The summed E-state index contributed by atoms with van der Waals surface area (Å²) >= 11 is 0. The van der Waals surface area contributed by atoms with Gasteiger partial charge in [0, 0.05) is 12.2 Å². The van der Waals surface area contributed by atoms with Crippen molar-refractivity contribution in [2.24, 2.45) is 0 Å². The minimum atomic E-state index is -0.360. The topological polar surface area (TPSA) is 32.3 Å². The van der Waals surface area contributed by atoms with Crippen LogP contribution in [0.25, 0.3) is 0 Å². The van der Waals surface area contributed by atoms with Gasteiger partial charge in [0.1, 0.15) is 5.82 Å². The van der Waals surface area contributed by atoms with Crippen LogP contribution in [0.15, 0.2) is 48.5 Å². The van der Waals surface area contributed by atoms with Gasteiger partial charge in [0.25, 0.3) is 0 Å². The third-order valence-corrected chi connectivity index (χ3v) is 3.06. The number of anilines is 1. The van der Waals surface area contributed by atoms with Crippen molar-refractivity contribution in [2.45, 2.75) is 13.5 Å². The van der Waals surface area contributed by atoms with Gasteiger partial charge in [0.2, 0.25) is 5.91 Å². The highest BCUT2D eigenvalue weighted by molar-refractivity contribution is 5.92. The van der Waals surface area contributed by atoms with Gasteiger partial charge in [0.05, 0.1) is 6.54 Å². The summed E-state index contributed by atoms with van der Waals surface area (Å²) in [5, 5.41) is 2.69. The van der Waals surface area contributed by atoms with E-state index in [1.54, 1.807) is 12.1 Å². The molecule has 0 spiro atoms. The Bertz CT molecular complexity index is 628. The van der Waals surface area contributed by atoms with Crippen molar-refractivity contribution in [1.29, 1.82) is 0 Å². The minimum Gasteiger partial charge on any atom is -0.325 e. The molecule has 2 rings (SSSR count). The van der Waals surface area contributed by atoms with Gasteiger partial charge in [-0.25, -0.2) is 4.39 Å². The molecule has 0 aromatic heterocycles. The summed E-state index contributed by atoms with van der Waals surface area (Å²) < 4.78 is 13.0. The molecule has 21 heavy (non-hydrogen) atoms. The Labute approximate surface area is 124 Å². The maximum absolute atomic E-state index is 13.0. The fraction of sp³-hybridized carbons (Fsp3) is 0.235. The molecule has 0 bridgehead atoms. The quantitative estimate of drug-likeness (QED) is 0.915. The van der Waals surface area contributed by atoms with Crippen LogP contribution in [0.2, 0.25) is 0 Å². The Morgan fingerprint density at radius 2 is 1.95 bits per heavy atom. The largest absolute Gasteiger partial charge is 0.325 e. The lowest BCUT2D eigenvalue weighted by Crippen LogP contribution is -2.29. The van der Waals surface area contributed by atoms with Gasteiger partial charge in [-0.1, -0.05) is 35.9 Å². The lowest BCUT2D eigenvalue weighted by atomic mass is 10.1. The zero-order chi connectivity index (χ0) is 15.2. The van der Waals surface area contributed by atoms with Gasteiger partial charge in [0.15, 0.2) is 0 Å². The highest BCUT2D eigenvalue weighted by Gasteiger charge is 2.08. The van der Waals surface area contributed by atoms with Crippen LogP contribution < -0.4 is 5.32 Å². The van der Waals surface area contributed by atoms with Crippen molar-refractivity contribution < 1.29 is 9.18 Å². The van der Waals surface area contributed by atoms with Crippen LogP contribution in [0.5, 0.6) is 0 Å². The van der Waals surface area contributed by atoms with Crippen molar-refractivity contribution >= 4 is 11.6 Å². The molecule has 0 unspecified atom stereocenters. The van der Waals surface area contributed by atoms with E-state index in [1.165, 1.54) is 17.7 Å². The number of aryl methyl sites for hydroxylation is 1. The lowest BCUT2D eigenvalue weighted by Gasteiger charge is -2.16. The molecule has 3 nitrogen and oxygen atoms in total. The molecule has 1 N–H and O–H groups in total. The maximum Gasteiger partial charge on any atom is 0.238 e. The van der Waals surface area contributed by atoms with Crippen LogP contribution in [0.1, 0.15) is 11.1 Å². The predicted molar refractivity (Wildman–Crippen MR) is 82.5 cm³/mol. The molecule has 0 fully saturated rings. The Balaban J connectivity index is 1.87. The fourth-order valence-electron chi connectivity index (χ4n) is 2.19. The van der Waals surface area contributed by atoms with E-state index in [9.17, 15) is 9.18 Å². The number of carbonyl (C=O) groups is 1. The van der Waals surface area contributed by atoms with E-state index >= 15 is 0 Å². The SMILES string of the molecule is Cc1cccc(CN(C)CC(=O)Nc2cccc(F)c2)c1. The molecule has 4 heteroatoms. The average molecular weight is 286 g/mol. The normalized spacial score (nSPS) is 10.7. The maximum atomic E-state index is 13.0. The van der Waals surface area contributed by atoms with Crippen molar-refractivity contribution in [3.63, 3.8) is 0 Å². The monoisotopic (exact) mass is 286 g/mol. The van der Waals surface area contributed by atoms with Gasteiger partial charge >= 0.3 is 0 Å². The van der Waals surface area contributed by atoms with E-state index in [0.717, 1.165) is 5.56 Å². The molecule has 2 aromatic rings. The molecular formula is C17H19FN2O. The first kappa shape index (κ1) is 15.2. The molecule has 0 aliphatic rings. The summed E-state index contributed by atoms with van der Waals surface area (Å²) in [6.45, 7) is 2.99. The van der Waals surface area contributed by atoms with Crippen molar-refractivity contribution in [1.82, 2.24) is 4.90 Å². The second kappa shape index (κ2) is 6.99. The summed E-state index contributed by atoms with van der Waals surface area (Å²) in [6.07, 6.45) is 0. The zero-order valence-electron chi connectivity index (χ0n) is 12.3. The number of hydrogen-bond acceptors (Lipinski definition) is 2. The first-order valence-electron chi connectivity index (χ1n) is 6.82. The van der Waals surface area contributed by atoms with Gasteiger partial charge in [-0.2, -0.15) is 0 Å². The van der Waals surface area contributed by atoms with Crippen molar-refractivity contribution in [3.8, 4) is 0 Å². The van der Waals surface area contributed by atoms with E-state index in [2.05, 4.69) is 11.4 Å². The Kier molecular flexibility index (Phi) is 5.06. The third kappa shape index (κ3) is 5.00. The van der Waals surface area contributed by atoms with E-state index in [0.29, 0.717) is 12.2 Å². The average Bonchev–Trinajstić information content (AvgIpc) is 2.38. The van der Waals surface area contributed by atoms with E-state index < -0.39 is 0 Å². The summed E-state index contributed by atoms with van der Waals surface area (Å²) in [4.78, 5) is 13.8. The van der Waals surface area contributed by atoms with Gasteiger partial charge in [-0.15, -0.1) is 0 Å². The van der Waals surface area contributed by atoms with Crippen LogP contribution in [0, 0.1) is 12.7 Å². The number of halogens is 1. The molecule has 1 amide bonds. The van der Waals surface area contributed by atoms with Crippen molar-refractivity contribution in [2.75, 3.05) is 18.9 Å². The predicted octanol–water partition coefficient (Wildman–Crippen LogP) is 3.20. The molecule has 0 aliphatic carbocycles. The molecule has 0 saturated carbocycles. The third-order valence-electron chi connectivity index (χ3n) is 3.06. The standard InChI is InChI=1S/C17H19FN2O/c1-13-5-3-6-14(9-13)11-20(2)12-17(21)19-16-8-4-7-15(18)10-16/h3-10H,11-12H2,1-2H3,(H,19,21). The highest BCUT2D eigenvalue weighted by Crippen LogP contribution is 2.10. The summed E-state index contributed by atoms with van der Waals surface area (Å²) in [7, 11) is 1.88. The Hall–Kier alpha value is -2.20. The lowest BCUT2D eigenvalue weighted by molar-refractivity contribution is -0.117. The van der Waals surface area contributed by atoms with Crippen LogP contribution in [0.4, 0.5) is 10.1 Å². The second-order valence-electron chi connectivity index (χ2n) is 5.22. The number of likely N-dealkylation sites (N-methyl/N-ethyl adjacent to an activating group) is 1. The van der Waals surface area contributed by atoms with Crippen LogP contribution in [-0.4, -0.2) is 24.4 Å². The summed E-state index contributed by atoms with van der Waals surface area (Å²) in [6, 6.07) is 14.1. The van der Waals surface area contributed by atoms with E-state index in [1.807, 2.05) is 37.1 Å². The number of nitrogens with one attached hydrogen (secondary N) is 1. The molecule has 2 aromatic carbocycles. The smallest absolute Gasteiger partial charge is 0.238 e. The van der Waals surface area contributed by atoms with Gasteiger partial charge in [-0.3, -0.25) is 9.69 Å². The summed E-state index contributed by atoms with van der Waals surface area (Å²) in [5.41, 5.74) is 2.84. The van der Waals surface area contributed by atoms with Gasteiger partial charge < -0.3 is 5.32 Å². The fourth-order valence-corrected chi connectivity index (χ4v) is 2.19. The summed E-state index contributed by atoms with van der Waals surface area (Å²) in [5.74, 6) is -0.517. The first-order valence-corrected chi connectivity index (χ1v) is 6.82. The molecule has 0 atom stereocenters. The van der Waals surface area contributed by atoms with Crippen LogP contribution in [0.3, 0.4) is 0 Å². The molecule has 0 aliphatic heterocycles. The molecule has 110 valence electrons. The van der Waals surface area contributed by atoms with Gasteiger partial charge in [-0.05, 0) is 37.7 Å². The number of rotatable bonds is 5. The van der Waals surface area contributed by atoms with E-state index in [4.69, 9.17) is 0 Å². The molecular weight excluding hydrogens is 267 g/mol. The number of benzene rings is 2. The number of nitrogens with zero attached hydrogens (tertiary/aromatic N) is 1. The first-order chi connectivity index (χ1) is 10.0. The number of hydrogen-bond donors (Lipinski definition) is 1. The Morgan fingerprint density at radius 1 is 1.19 bits per heavy atom. The molecule has 0 radical (unpaired) electrons. The molecule has 0 saturated heterocycles. The minimum absolute atomic E-state index is 0.157. The number of carbonyl (C=O) groups excluding carboxylic acids is 1. The van der Waals surface area contributed by atoms with Crippen LogP contribution in [-0.2, 0) is 11.3 Å².